The number of carbonyl (C=O) groups excluding carboxylic acids is 1. The van der Waals surface area contributed by atoms with Crippen molar-refractivity contribution in [1.29, 1.82) is 0 Å². The van der Waals surface area contributed by atoms with Gasteiger partial charge in [-0.15, -0.1) is 0 Å². The number of carbonyl (C=O) groups is 1. The van der Waals surface area contributed by atoms with E-state index in [4.69, 9.17) is 10.5 Å². The zero-order valence-electron chi connectivity index (χ0n) is 12.4. The van der Waals surface area contributed by atoms with Crippen LogP contribution in [0.3, 0.4) is 0 Å². The van der Waals surface area contributed by atoms with Crippen molar-refractivity contribution in [1.82, 2.24) is 4.98 Å². The molecule has 1 fully saturated rings. The summed E-state index contributed by atoms with van der Waals surface area (Å²) < 4.78 is 5.01. The molecule has 0 saturated carbocycles. The highest BCUT2D eigenvalue weighted by Gasteiger charge is 2.23. The van der Waals surface area contributed by atoms with Crippen molar-refractivity contribution in [3.05, 3.63) is 17.8 Å². The maximum atomic E-state index is 11.9. The van der Waals surface area contributed by atoms with Gasteiger partial charge >= 0.3 is 5.97 Å². The van der Waals surface area contributed by atoms with E-state index >= 15 is 0 Å². The standard InChI is InChI=1S/C15H23N3O3/c1-2-21-15(20)12-8-14(17-9-13(12)16)18-7-5-3-4-6-11(18)10-19/h8-9,11,19H,2-7,10,16H2,1H3. The van der Waals surface area contributed by atoms with E-state index in [0.29, 0.717) is 23.7 Å². The largest absolute Gasteiger partial charge is 0.462 e. The molecule has 21 heavy (non-hydrogen) atoms. The second kappa shape index (κ2) is 7.26. The molecule has 0 spiro atoms. The number of hydrogen-bond donors (Lipinski definition) is 2. The van der Waals surface area contributed by atoms with Crippen LogP contribution in [0.25, 0.3) is 0 Å². The number of nitrogen functional groups attached to an aromatic ring is 1. The van der Waals surface area contributed by atoms with E-state index in [1.54, 1.807) is 13.0 Å². The van der Waals surface area contributed by atoms with E-state index in [0.717, 1.165) is 32.2 Å². The summed E-state index contributed by atoms with van der Waals surface area (Å²) in [5.41, 5.74) is 6.47. The number of pyridine rings is 1. The lowest BCUT2D eigenvalue weighted by atomic mass is 10.1. The second-order valence-electron chi connectivity index (χ2n) is 5.23. The van der Waals surface area contributed by atoms with Crippen molar-refractivity contribution in [2.75, 3.05) is 30.4 Å². The monoisotopic (exact) mass is 293 g/mol. The normalized spacial score (nSPS) is 19.1. The molecule has 1 aliphatic heterocycles. The second-order valence-corrected chi connectivity index (χ2v) is 5.23. The van der Waals surface area contributed by atoms with Gasteiger partial charge in [-0.1, -0.05) is 12.8 Å². The smallest absolute Gasteiger partial charge is 0.340 e. The maximum absolute atomic E-state index is 11.9. The fraction of sp³-hybridized carbons (Fsp3) is 0.600. The minimum Gasteiger partial charge on any atom is -0.462 e. The molecule has 0 aromatic carbocycles. The van der Waals surface area contributed by atoms with Gasteiger partial charge in [0.05, 0.1) is 36.7 Å². The Morgan fingerprint density at radius 3 is 3.05 bits per heavy atom. The SMILES string of the molecule is CCOC(=O)c1cc(N2CCCCCC2CO)ncc1N. The Bertz CT molecular complexity index is 493. The molecule has 3 N–H and O–H groups in total. The summed E-state index contributed by atoms with van der Waals surface area (Å²) in [7, 11) is 0. The highest BCUT2D eigenvalue weighted by Crippen LogP contribution is 2.25. The fourth-order valence-corrected chi connectivity index (χ4v) is 2.67. The third-order valence-corrected chi connectivity index (χ3v) is 3.80. The summed E-state index contributed by atoms with van der Waals surface area (Å²) in [6.07, 6.45) is 5.71. The van der Waals surface area contributed by atoms with Crippen molar-refractivity contribution >= 4 is 17.5 Å². The van der Waals surface area contributed by atoms with Crippen LogP contribution in [-0.4, -0.2) is 41.9 Å². The number of nitrogens with two attached hydrogens (primary N) is 1. The summed E-state index contributed by atoms with van der Waals surface area (Å²) >= 11 is 0. The van der Waals surface area contributed by atoms with Crippen molar-refractivity contribution in [2.24, 2.45) is 0 Å². The molecule has 0 radical (unpaired) electrons. The van der Waals surface area contributed by atoms with E-state index in [1.165, 1.54) is 6.20 Å². The van der Waals surface area contributed by atoms with Crippen LogP contribution in [0.1, 0.15) is 43.0 Å². The van der Waals surface area contributed by atoms with E-state index in [-0.39, 0.29) is 12.6 Å². The molecular formula is C15H23N3O3. The molecule has 2 rings (SSSR count). The van der Waals surface area contributed by atoms with Crippen LogP contribution in [-0.2, 0) is 4.74 Å². The zero-order valence-corrected chi connectivity index (χ0v) is 12.4. The summed E-state index contributed by atoms with van der Waals surface area (Å²) in [4.78, 5) is 18.3. The van der Waals surface area contributed by atoms with Crippen LogP contribution in [0.15, 0.2) is 12.3 Å². The third kappa shape index (κ3) is 3.64. The van der Waals surface area contributed by atoms with Crippen molar-refractivity contribution in [2.45, 2.75) is 38.6 Å². The molecule has 2 heterocycles. The number of anilines is 2. The first-order valence-electron chi connectivity index (χ1n) is 7.47. The van der Waals surface area contributed by atoms with Gasteiger partial charge in [-0.25, -0.2) is 9.78 Å². The van der Waals surface area contributed by atoms with Crippen molar-refractivity contribution in [3.8, 4) is 0 Å². The molecule has 6 nitrogen and oxygen atoms in total. The van der Waals surface area contributed by atoms with Gasteiger partial charge in [-0.05, 0) is 25.8 Å². The quantitative estimate of drug-likeness (QED) is 0.819. The number of aliphatic hydroxyl groups is 1. The average molecular weight is 293 g/mol. The Morgan fingerprint density at radius 1 is 1.52 bits per heavy atom. The first kappa shape index (κ1) is 15.6. The van der Waals surface area contributed by atoms with Crippen molar-refractivity contribution < 1.29 is 14.6 Å². The number of rotatable bonds is 4. The number of esters is 1. The molecule has 1 aromatic heterocycles. The number of aliphatic hydroxyl groups excluding tert-OH is 1. The molecule has 1 aliphatic rings. The first-order chi connectivity index (χ1) is 10.2. The van der Waals surface area contributed by atoms with Gasteiger partial charge in [0, 0.05) is 6.54 Å². The molecule has 6 heteroatoms. The molecule has 1 saturated heterocycles. The number of ether oxygens (including phenoxy) is 1. The molecule has 0 aliphatic carbocycles. The van der Waals surface area contributed by atoms with Crippen LogP contribution in [0.5, 0.6) is 0 Å². The van der Waals surface area contributed by atoms with Gasteiger partial charge in [0.25, 0.3) is 0 Å². The Labute approximate surface area is 124 Å². The summed E-state index contributed by atoms with van der Waals surface area (Å²) in [5, 5.41) is 9.58. The van der Waals surface area contributed by atoms with Crippen molar-refractivity contribution in [3.63, 3.8) is 0 Å². The maximum Gasteiger partial charge on any atom is 0.340 e. The topological polar surface area (TPSA) is 88.7 Å². The summed E-state index contributed by atoms with van der Waals surface area (Å²) in [6.45, 7) is 2.97. The lowest BCUT2D eigenvalue weighted by Crippen LogP contribution is -2.38. The highest BCUT2D eigenvalue weighted by molar-refractivity contribution is 5.95. The molecule has 116 valence electrons. The Kier molecular flexibility index (Phi) is 5.38. The van der Waals surface area contributed by atoms with E-state index < -0.39 is 5.97 Å². The van der Waals surface area contributed by atoms with Gasteiger partial charge in [0.15, 0.2) is 0 Å². The Hall–Kier alpha value is -1.82. The number of aromatic nitrogens is 1. The van der Waals surface area contributed by atoms with E-state index in [1.807, 2.05) is 0 Å². The Balaban J connectivity index is 2.29. The van der Waals surface area contributed by atoms with E-state index in [9.17, 15) is 9.90 Å². The van der Waals surface area contributed by atoms with Crippen LogP contribution in [0.2, 0.25) is 0 Å². The van der Waals surface area contributed by atoms with Gasteiger partial charge in [-0.2, -0.15) is 0 Å². The fourth-order valence-electron chi connectivity index (χ4n) is 2.67. The van der Waals surface area contributed by atoms with Crippen LogP contribution in [0.4, 0.5) is 11.5 Å². The lowest BCUT2D eigenvalue weighted by molar-refractivity contribution is 0.0527. The van der Waals surface area contributed by atoms with Crippen LogP contribution < -0.4 is 10.6 Å². The van der Waals surface area contributed by atoms with Gasteiger partial charge in [0.1, 0.15) is 5.82 Å². The molecule has 1 atom stereocenters. The van der Waals surface area contributed by atoms with Crippen LogP contribution >= 0.6 is 0 Å². The third-order valence-electron chi connectivity index (χ3n) is 3.80. The van der Waals surface area contributed by atoms with Gasteiger partial charge < -0.3 is 20.5 Å². The average Bonchev–Trinajstić information content (AvgIpc) is 2.73. The highest BCUT2D eigenvalue weighted by atomic mass is 16.5. The van der Waals surface area contributed by atoms with Gasteiger partial charge in [-0.3, -0.25) is 0 Å². The Morgan fingerprint density at radius 2 is 2.33 bits per heavy atom. The predicted octanol–water partition coefficient (Wildman–Crippen LogP) is 1.58. The number of hydrogen-bond acceptors (Lipinski definition) is 6. The minimum atomic E-state index is -0.436. The summed E-state index contributed by atoms with van der Waals surface area (Å²) in [5.74, 6) is 0.238. The molecule has 1 aromatic rings. The minimum absolute atomic E-state index is 0.0404. The van der Waals surface area contributed by atoms with Gasteiger partial charge in [0.2, 0.25) is 0 Å². The van der Waals surface area contributed by atoms with Crippen LogP contribution in [0, 0.1) is 0 Å². The first-order valence-corrected chi connectivity index (χ1v) is 7.47. The molecule has 1 unspecified atom stereocenters. The van der Waals surface area contributed by atoms with E-state index in [2.05, 4.69) is 9.88 Å². The molecular weight excluding hydrogens is 270 g/mol. The molecule has 0 bridgehead atoms. The number of nitrogens with zero attached hydrogens (tertiary/aromatic N) is 2. The summed E-state index contributed by atoms with van der Waals surface area (Å²) in [6, 6.07) is 1.71. The predicted molar refractivity (Wildman–Crippen MR) is 81.3 cm³/mol. The zero-order chi connectivity index (χ0) is 15.2. The molecule has 0 amide bonds. The lowest BCUT2D eigenvalue weighted by Gasteiger charge is -2.30.